The number of amides is 1. The summed E-state index contributed by atoms with van der Waals surface area (Å²) in [7, 11) is 0. The third kappa shape index (κ3) is 2.47. The molecule has 1 aromatic heterocycles. The van der Waals surface area contributed by atoms with E-state index in [-0.39, 0.29) is 5.91 Å². The SMILES string of the molecule is CCC1CCCCN1C(=O)c1cc(N)cnc1C. The minimum Gasteiger partial charge on any atom is -0.397 e. The second-order valence-electron chi connectivity index (χ2n) is 4.96. The summed E-state index contributed by atoms with van der Waals surface area (Å²) in [6.45, 7) is 4.85. The smallest absolute Gasteiger partial charge is 0.256 e. The fraction of sp³-hybridized carbons (Fsp3) is 0.571. The van der Waals surface area contributed by atoms with Gasteiger partial charge in [0.05, 0.1) is 23.1 Å². The normalized spacial score (nSPS) is 19.9. The Morgan fingerprint density at radius 1 is 1.56 bits per heavy atom. The number of carbonyl (C=O) groups excluding carboxylic acids is 1. The van der Waals surface area contributed by atoms with Crippen LogP contribution in [0.2, 0.25) is 0 Å². The maximum atomic E-state index is 12.6. The van der Waals surface area contributed by atoms with Crippen LogP contribution in [0.25, 0.3) is 0 Å². The minimum absolute atomic E-state index is 0.0823. The molecule has 4 heteroatoms. The van der Waals surface area contributed by atoms with Gasteiger partial charge in [0.25, 0.3) is 5.91 Å². The Morgan fingerprint density at radius 3 is 3.06 bits per heavy atom. The topological polar surface area (TPSA) is 59.2 Å². The Morgan fingerprint density at radius 2 is 2.33 bits per heavy atom. The Kier molecular flexibility index (Phi) is 3.84. The molecule has 1 fully saturated rings. The summed E-state index contributed by atoms with van der Waals surface area (Å²) in [5.41, 5.74) is 7.69. The summed E-state index contributed by atoms with van der Waals surface area (Å²) < 4.78 is 0. The molecule has 98 valence electrons. The van der Waals surface area contributed by atoms with E-state index in [1.807, 2.05) is 11.8 Å². The summed E-state index contributed by atoms with van der Waals surface area (Å²) >= 11 is 0. The quantitative estimate of drug-likeness (QED) is 0.872. The number of aryl methyl sites for hydroxylation is 1. The van der Waals surface area contributed by atoms with Crippen molar-refractivity contribution in [3.8, 4) is 0 Å². The third-order valence-electron chi connectivity index (χ3n) is 3.70. The fourth-order valence-corrected chi connectivity index (χ4v) is 2.61. The van der Waals surface area contributed by atoms with Crippen LogP contribution in [0.15, 0.2) is 12.3 Å². The average Bonchev–Trinajstić information content (AvgIpc) is 2.40. The zero-order valence-corrected chi connectivity index (χ0v) is 11.1. The monoisotopic (exact) mass is 247 g/mol. The number of rotatable bonds is 2. The molecule has 0 aromatic carbocycles. The van der Waals surface area contributed by atoms with Crippen LogP contribution in [-0.4, -0.2) is 28.4 Å². The molecule has 1 atom stereocenters. The van der Waals surface area contributed by atoms with Crippen LogP contribution in [-0.2, 0) is 0 Å². The Hall–Kier alpha value is -1.58. The van der Waals surface area contributed by atoms with Crippen molar-refractivity contribution in [2.45, 2.75) is 45.6 Å². The highest BCUT2D eigenvalue weighted by Gasteiger charge is 2.27. The average molecular weight is 247 g/mol. The molecule has 1 aliphatic heterocycles. The second-order valence-corrected chi connectivity index (χ2v) is 4.96. The van der Waals surface area contributed by atoms with Gasteiger partial charge in [-0.1, -0.05) is 6.92 Å². The molecule has 4 nitrogen and oxygen atoms in total. The van der Waals surface area contributed by atoms with Crippen LogP contribution in [0.1, 0.15) is 48.7 Å². The van der Waals surface area contributed by atoms with Crippen molar-refractivity contribution < 1.29 is 4.79 Å². The maximum absolute atomic E-state index is 12.6. The molecule has 1 aliphatic rings. The molecule has 0 radical (unpaired) electrons. The molecule has 2 rings (SSSR count). The first-order chi connectivity index (χ1) is 8.63. The first-order valence-corrected chi connectivity index (χ1v) is 6.66. The van der Waals surface area contributed by atoms with Crippen molar-refractivity contribution >= 4 is 11.6 Å². The lowest BCUT2D eigenvalue weighted by molar-refractivity contribution is 0.0607. The number of anilines is 1. The summed E-state index contributed by atoms with van der Waals surface area (Å²) in [4.78, 5) is 18.7. The molecule has 0 aliphatic carbocycles. The summed E-state index contributed by atoms with van der Waals surface area (Å²) in [5, 5.41) is 0. The van der Waals surface area contributed by atoms with E-state index in [0.29, 0.717) is 17.3 Å². The van der Waals surface area contributed by atoms with Gasteiger partial charge in [-0.25, -0.2) is 0 Å². The molecule has 0 saturated carbocycles. The zero-order chi connectivity index (χ0) is 13.1. The van der Waals surface area contributed by atoms with E-state index in [9.17, 15) is 4.79 Å². The van der Waals surface area contributed by atoms with Gasteiger partial charge in [-0.15, -0.1) is 0 Å². The van der Waals surface area contributed by atoms with E-state index in [2.05, 4.69) is 11.9 Å². The molecule has 0 spiro atoms. The van der Waals surface area contributed by atoms with E-state index in [0.717, 1.165) is 31.5 Å². The Bertz CT molecular complexity index is 445. The van der Waals surface area contributed by atoms with Gasteiger partial charge in [0.2, 0.25) is 0 Å². The molecule has 1 aromatic rings. The van der Waals surface area contributed by atoms with Crippen LogP contribution >= 0.6 is 0 Å². The van der Waals surface area contributed by atoms with Crippen molar-refractivity contribution in [3.63, 3.8) is 0 Å². The van der Waals surface area contributed by atoms with Gasteiger partial charge >= 0.3 is 0 Å². The van der Waals surface area contributed by atoms with Gasteiger partial charge in [0.1, 0.15) is 0 Å². The number of hydrogen-bond donors (Lipinski definition) is 1. The van der Waals surface area contributed by atoms with Crippen LogP contribution < -0.4 is 5.73 Å². The van der Waals surface area contributed by atoms with Crippen LogP contribution in [0.5, 0.6) is 0 Å². The molecule has 2 heterocycles. The van der Waals surface area contributed by atoms with E-state index in [1.54, 1.807) is 12.3 Å². The number of pyridine rings is 1. The van der Waals surface area contributed by atoms with E-state index in [1.165, 1.54) is 6.42 Å². The standard InChI is InChI=1S/C14H21N3O/c1-3-12-6-4-5-7-17(12)14(18)13-8-11(15)9-16-10(13)2/h8-9,12H,3-7,15H2,1-2H3. The van der Waals surface area contributed by atoms with Crippen molar-refractivity contribution in [3.05, 3.63) is 23.5 Å². The number of carbonyl (C=O) groups is 1. The fourth-order valence-electron chi connectivity index (χ4n) is 2.61. The zero-order valence-electron chi connectivity index (χ0n) is 11.1. The number of nitrogens with two attached hydrogens (primary N) is 1. The minimum atomic E-state index is 0.0823. The van der Waals surface area contributed by atoms with Gasteiger partial charge in [-0.05, 0) is 38.7 Å². The first kappa shape index (κ1) is 12.9. The summed E-state index contributed by atoms with van der Waals surface area (Å²) in [6, 6.07) is 2.11. The maximum Gasteiger partial charge on any atom is 0.256 e. The van der Waals surface area contributed by atoms with Gasteiger partial charge in [0, 0.05) is 12.6 Å². The largest absolute Gasteiger partial charge is 0.397 e. The molecule has 2 N–H and O–H groups in total. The molecule has 1 unspecified atom stereocenters. The van der Waals surface area contributed by atoms with Crippen LogP contribution in [0.4, 0.5) is 5.69 Å². The lowest BCUT2D eigenvalue weighted by Gasteiger charge is -2.35. The Labute approximate surface area is 108 Å². The molecular weight excluding hydrogens is 226 g/mol. The number of aromatic nitrogens is 1. The third-order valence-corrected chi connectivity index (χ3v) is 3.70. The lowest BCUT2D eigenvalue weighted by atomic mass is 9.98. The predicted molar refractivity (Wildman–Crippen MR) is 72.4 cm³/mol. The van der Waals surface area contributed by atoms with Gasteiger partial charge in [0.15, 0.2) is 0 Å². The number of nitrogens with zero attached hydrogens (tertiary/aromatic N) is 2. The summed E-state index contributed by atoms with van der Waals surface area (Å²) in [5.74, 6) is 0.0823. The van der Waals surface area contributed by atoms with E-state index < -0.39 is 0 Å². The molecule has 0 bridgehead atoms. The first-order valence-electron chi connectivity index (χ1n) is 6.66. The van der Waals surface area contributed by atoms with Gasteiger partial charge in [-0.3, -0.25) is 9.78 Å². The van der Waals surface area contributed by atoms with Crippen molar-refractivity contribution in [2.75, 3.05) is 12.3 Å². The van der Waals surface area contributed by atoms with Crippen molar-refractivity contribution in [1.82, 2.24) is 9.88 Å². The van der Waals surface area contributed by atoms with E-state index in [4.69, 9.17) is 5.73 Å². The van der Waals surface area contributed by atoms with Gasteiger partial charge in [-0.2, -0.15) is 0 Å². The highest BCUT2D eigenvalue weighted by atomic mass is 16.2. The van der Waals surface area contributed by atoms with E-state index >= 15 is 0 Å². The highest BCUT2D eigenvalue weighted by Crippen LogP contribution is 2.23. The number of likely N-dealkylation sites (tertiary alicyclic amines) is 1. The molecule has 18 heavy (non-hydrogen) atoms. The van der Waals surface area contributed by atoms with Crippen molar-refractivity contribution in [1.29, 1.82) is 0 Å². The van der Waals surface area contributed by atoms with Crippen LogP contribution in [0, 0.1) is 6.92 Å². The number of nitrogen functional groups attached to an aromatic ring is 1. The predicted octanol–water partition coefficient (Wildman–Crippen LogP) is 2.38. The van der Waals surface area contributed by atoms with Crippen molar-refractivity contribution in [2.24, 2.45) is 0 Å². The highest BCUT2D eigenvalue weighted by molar-refractivity contribution is 5.96. The Balaban J connectivity index is 2.26. The second kappa shape index (κ2) is 5.38. The number of hydrogen-bond acceptors (Lipinski definition) is 3. The molecule has 1 amide bonds. The molecule has 1 saturated heterocycles. The van der Waals surface area contributed by atoms with Gasteiger partial charge < -0.3 is 10.6 Å². The number of piperidine rings is 1. The summed E-state index contributed by atoms with van der Waals surface area (Å²) in [6.07, 6.45) is 6.03. The molecular formula is C14H21N3O. The lowest BCUT2D eigenvalue weighted by Crippen LogP contribution is -2.43. The van der Waals surface area contributed by atoms with Crippen LogP contribution in [0.3, 0.4) is 0 Å².